The highest BCUT2D eigenvalue weighted by atomic mass is 35.5. The van der Waals surface area contributed by atoms with E-state index in [1.807, 2.05) is 47.6 Å². The predicted molar refractivity (Wildman–Crippen MR) is 204 cm³/mol. The van der Waals surface area contributed by atoms with Crippen molar-refractivity contribution in [2.75, 3.05) is 7.11 Å². The molecule has 4 rings (SSSR count). The fraction of sp³-hybridized carbons (Fsp3) is 0.791. The molecule has 0 aromatic carbocycles. The van der Waals surface area contributed by atoms with Gasteiger partial charge in [-0.2, -0.15) is 0 Å². The van der Waals surface area contributed by atoms with E-state index < -0.39 is 52.2 Å². The molecule has 1 heterocycles. The Morgan fingerprint density at radius 3 is 2.28 bits per heavy atom. The number of methoxy groups -OCH3 is 1. The Morgan fingerprint density at radius 2 is 1.66 bits per heavy atom. The van der Waals surface area contributed by atoms with Crippen LogP contribution < -0.4 is 0 Å². The second kappa shape index (κ2) is 17.2. The minimum absolute atomic E-state index is 0.00690. The number of alkyl halides is 1. The molecule has 0 radical (unpaired) electrons. The molecular formula is C43H65ClO9. The van der Waals surface area contributed by atoms with E-state index in [-0.39, 0.29) is 78.9 Å². The summed E-state index contributed by atoms with van der Waals surface area (Å²) in [5, 5.41) is 11.3. The van der Waals surface area contributed by atoms with E-state index in [1.165, 1.54) is 14.0 Å². The highest BCUT2D eigenvalue weighted by Crippen LogP contribution is 2.56. The van der Waals surface area contributed by atoms with Crippen molar-refractivity contribution in [3.63, 3.8) is 0 Å². The summed E-state index contributed by atoms with van der Waals surface area (Å²) in [5.74, 6) is -4.55. The molecule has 0 aromatic heterocycles. The summed E-state index contributed by atoms with van der Waals surface area (Å²) in [7, 11) is 1.28. The fourth-order valence-corrected chi connectivity index (χ4v) is 9.77. The monoisotopic (exact) mass is 760 g/mol. The molecule has 10 heteroatoms. The van der Waals surface area contributed by atoms with Crippen molar-refractivity contribution >= 4 is 40.9 Å². The van der Waals surface area contributed by atoms with Crippen molar-refractivity contribution in [3.05, 3.63) is 22.8 Å². The van der Waals surface area contributed by atoms with E-state index >= 15 is 0 Å². The number of esters is 2. The largest absolute Gasteiger partial charge is 0.469 e. The van der Waals surface area contributed by atoms with Crippen LogP contribution in [0.25, 0.3) is 0 Å². The molecule has 11 atom stereocenters. The van der Waals surface area contributed by atoms with Gasteiger partial charge in [0.15, 0.2) is 0 Å². The van der Waals surface area contributed by atoms with Crippen LogP contribution in [0.15, 0.2) is 22.8 Å². The summed E-state index contributed by atoms with van der Waals surface area (Å²) in [4.78, 5) is 70.9. The number of carbonyl (C=O) groups is 5. The number of hydrogen-bond acceptors (Lipinski definition) is 9. The normalized spacial score (nSPS) is 40.8. The third kappa shape index (κ3) is 9.72. The van der Waals surface area contributed by atoms with Gasteiger partial charge < -0.3 is 19.3 Å². The van der Waals surface area contributed by atoms with Crippen molar-refractivity contribution in [1.82, 2.24) is 0 Å². The molecule has 1 aliphatic heterocycles. The molecule has 4 aliphatic rings. The van der Waals surface area contributed by atoms with E-state index in [4.69, 9.17) is 25.8 Å². The number of allylic oxidation sites excluding steroid dienone is 3. The maximum absolute atomic E-state index is 14.8. The molecule has 3 aliphatic carbocycles. The van der Waals surface area contributed by atoms with Crippen LogP contribution in [0.2, 0.25) is 0 Å². The first-order valence-corrected chi connectivity index (χ1v) is 20.3. The van der Waals surface area contributed by atoms with Gasteiger partial charge in [0, 0.05) is 56.3 Å². The van der Waals surface area contributed by atoms with Crippen LogP contribution >= 0.6 is 11.6 Å². The predicted octanol–water partition coefficient (Wildman–Crippen LogP) is 8.06. The van der Waals surface area contributed by atoms with Crippen molar-refractivity contribution in [1.29, 1.82) is 0 Å². The Morgan fingerprint density at radius 1 is 0.981 bits per heavy atom. The van der Waals surface area contributed by atoms with E-state index in [2.05, 4.69) is 6.92 Å². The molecule has 1 N–H and O–H groups in total. The molecule has 0 amide bonds. The maximum Gasteiger partial charge on any atom is 0.313 e. The minimum Gasteiger partial charge on any atom is -0.469 e. The number of halogens is 1. The first-order chi connectivity index (χ1) is 24.7. The van der Waals surface area contributed by atoms with Crippen LogP contribution in [0.1, 0.15) is 139 Å². The van der Waals surface area contributed by atoms with Crippen LogP contribution in [0, 0.1) is 40.9 Å². The number of carbonyl (C=O) groups excluding carboxylic acids is 5. The van der Waals surface area contributed by atoms with Crippen LogP contribution in [0.3, 0.4) is 0 Å². The fourth-order valence-electron chi connectivity index (χ4n) is 9.57. The van der Waals surface area contributed by atoms with Crippen molar-refractivity contribution in [3.8, 4) is 0 Å². The molecule has 298 valence electrons. The molecule has 1 saturated carbocycles. The highest BCUT2D eigenvalue weighted by Gasteiger charge is 2.61. The molecule has 0 bridgehead atoms. The van der Waals surface area contributed by atoms with Crippen LogP contribution in [0.4, 0.5) is 0 Å². The summed E-state index contributed by atoms with van der Waals surface area (Å²) in [6.45, 7) is 16.6. The van der Waals surface area contributed by atoms with Crippen LogP contribution in [0.5, 0.6) is 0 Å². The molecule has 2 fully saturated rings. The molecule has 1 saturated heterocycles. The third-order valence-corrected chi connectivity index (χ3v) is 13.8. The highest BCUT2D eigenvalue weighted by molar-refractivity contribution is 6.21. The average molecular weight is 761 g/mol. The van der Waals surface area contributed by atoms with Gasteiger partial charge in [0.05, 0.1) is 35.2 Å². The quantitative estimate of drug-likeness (QED) is 0.131. The molecule has 53 heavy (non-hydrogen) atoms. The average Bonchev–Trinajstić information content (AvgIpc) is 3.72. The molecular weight excluding hydrogens is 696 g/mol. The zero-order valence-corrected chi connectivity index (χ0v) is 34.6. The van der Waals surface area contributed by atoms with Crippen molar-refractivity contribution in [2.24, 2.45) is 40.9 Å². The van der Waals surface area contributed by atoms with Gasteiger partial charge in [-0.05, 0) is 83.6 Å². The number of fused-ring (bicyclic) bond motifs is 4. The van der Waals surface area contributed by atoms with Gasteiger partial charge in [-0.15, -0.1) is 11.6 Å². The van der Waals surface area contributed by atoms with Crippen molar-refractivity contribution < 1.29 is 43.3 Å². The molecule has 0 spiro atoms. The number of hydrogen-bond donors (Lipinski definition) is 1. The van der Waals surface area contributed by atoms with Gasteiger partial charge >= 0.3 is 11.9 Å². The van der Waals surface area contributed by atoms with Crippen LogP contribution in [-0.2, 0) is 38.2 Å². The zero-order chi connectivity index (χ0) is 39.6. The SMILES string of the molecule is COC(=O)[C@@]12CC(=O)[C@@H](C(C)C)CC(=O)[C@@H](C)CCC[C@@H](C)CC(=O)[C@@H]1CC(C)=C1[C@H]2/C=C(\C)CC[C@H]2O[C@]2(C)CC[C@H](Cl)[C@](C)(O)C[C@H]1OC(C)=O. The lowest BCUT2D eigenvalue weighted by Crippen LogP contribution is -2.55. The number of aliphatic hydroxyl groups is 1. The molecule has 0 aromatic rings. The van der Waals surface area contributed by atoms with Gasteiger partial charge in [-0.3, -0.25) is 24.0 Å². The third-order valence-electron chi connectivity index (χ3n) is 13.1. The maximum atomic E-state index is 14.8. The first-order valence-electron chi connectivity index (χ1n) is 19.9. The number of Topliss-reactive ketones (excluding diaryl/α,β-unsaturated/α-hetero) is 3. The summed E-state index contributed by atoms with van der Waals surface area (Å²) in [5.41, 5.74) is -1.33. The number of rotatable bonds is 3. The Labute approximate surface area is 322 Å². The van der Waals surface area contributed by atoms with Crippen molar-refractivity contribution in [2.45, 2.75) is 168 Å². The Bertz CT molecular complexity index is 1480. The van der Waals surface area contributed by atoms with Gasteiger partial charge in [0.2, 0.25) is 0 Å². The zero-order valence-electron chi connectivity index (χ0n) is 33.8. The van der Waals surface area contributed by atoms with E-state index in [0.717, 1.165) is 24.0 Å². The lowest BCUT2D eigenvalue weighted by Gasteiger charge is -2.49. The lowest BCUT2D eigenvalue weighted by atomic mass is 9.52. The minimum atomic E-state index is -1.71. The van der Waals surface area contributed by atoms with Gasteiger partial charge in [-0.1, -0.05) is 57.8 Å². The smallest absolute Gasteiger partial charge is 0.313 e. The standard InChI is InChI=1S/C43H65ClO9/c1-24(2)30-21-33(46)27(5)13-11-12-25(3)19-34(47)31-20-28(6)39-32(43(31,22-35(30)48)40(49)51-10)18-26(4)14-15-38-42(9,53-38)17-16-37(44)41(8,50)23-36(39)52-29(7)45/h18,24-25,27,30-32,36-38,50H,11-17,19-23H2,1-10H3/b26-18+/t25-,27+,30-,31+,32-,36-,37+,38-,41-,42-,43+/m1/s1. The molecule has 9 nitrogen and oxygen atoms in total. The Balaban J connectivity index is 2.03. The second-order valence-corrected chi connectivity index (χ2v) is 18.4. The van der Waals surface area contributed by atoms with E-state index in [0.29, 0.717) is 37.7 Å². The summed E-state index contributed by atoms with van der Waals surface area (Å²) >= 11 is 6.95. The number of ketones is 3. The van der Waals surface area contributed by atoms with Gasteiger partial charge in [0.25, 0.3) is 0 Å². The summed E-state index contributed by atoms with van der Waals surface area (Å²) in [6.07, 6.45) is 5.63. The Hall–Kier alpha value is -2.36. The van der Waals surface area contributed by atoms with Crippen LogP contribution in [-0.4, -0.2) is 70.3 Å². The summed E-state index contributed by atoms with van der Waals surface area (Å²) < 4.78 is 17.9. The number of ether oxygens (including phenoxy) is 3. The van der Waals surface area contributed by atoms with Gasteiger partial charge in [0.1, 0.15) is 23.5 Å². The Kier molecular flexibility index (Phi) is 14.1. The number of epoxide rings is 1. The van der Waals surface area contributed by atoms with E-state index in [9.17, 15) is 29.1 Å². The van der Waals surface area contributed by atoms with Gasteiger partial charge in [-0.25, -0.2) is 0 Å². The molecule has 0 unspecified atom stereocenters. The second-order valence-electron chi connectivity index (χ2n) is 17.9. The summed E-state index contributed by atoms with van der Waals surface area (Å²) in [6, 6.07) is 0. The first kappa shape index (κ1) is 43.4. The lowest BCUT2D eigenvalue weighted by molar-refractivity contribution is -0.167. The van der Waals surface area contributed by atoms with E-state index in [1.54, 1.807) is 6.92 Å². The topological polar surface area (TPSA) is 137 Å².